The van der Waals surface area contributed by atoms with Gasteiger partial charge >= 0.3 is 0 Å². The molecular formula is C22H27N3O3S. The molecule has 0 aliphatic carbocycles. The van der Waals surface area contributed by atoms with E-state index in [1.54, 1.807) is 0 Å². The topological polar surface area (TPSA) is 55.0 Å². The highest BCUT2D eigenvalue weighted by atomic mass is 32.1. The van der Waals surface area contributed by atoms with E-state index in [0.717, 1.165) is 16.9 Å². The molecule has 6 nitrogen and oxygen atoms in total. The Morgan fingerprint density at radius 1 is 1.03 bits per heavy atom. The van der Waals surface area contributed by atoms with Crippen LogP contribution in [0, 0.1) is 0 Å². The van der Waals surface area contributed by atoms with E-state index in [-0.39, 0.29) is 24.4 Å². The van der Waals surface area contributed by atoms with Crippen LogP contribution in [0.3, 0.4) is 0 Å². The number of ether oxygens (including phenoxy) is 3. The highest BCUT2D eigenvalue weighted by Crippen LogP contribution is 2.29. The molecule has 2 saturated heterocycles. The molecule has 2 heterocycles. The van der Waals surface area contributed by atoms with Crippen LogP contribution in [0.25, 0.3) is 0 Å². The van der Waals surface area contributed by atoms with Gasteiger partial charge in [0.1, 0.15) is 18.3 Å². The Morgan fingerprint density at radius 2 is 1.76 bits per heavy atom. The monoisotopic (exact) mass is 413 g/mol. The molecule has 2 aliphatic heterocycles. The molecule has 0 spiro atoms. The maximum Gasteiger partial charge on any atom is 0.171 e. The Bertz CT molecular complexity index is 816. The Kier molecular flexibility index (Phi) is 6.30. The first kappa shape index (κ1) is 20.1. The lowest BCUT2D eigenvalue weighted by Crippen LogP contribution is -2.45. The predicted octanol–water partition coefficient (Wildman–Crippen LogP) is 2.79. The van der Waals surface area contributed by atoms with Gasteiger partial charge in [-0.2, -0.15) is 0 Å². The Labute approximate surface area is 177 Å². The van der Waals surface area contributed by atoms with E-state index in [2.05, 4.69) is 39.8 Å². The van der Waals surface area contributed by atoms with Gasteiger partial charge in [-0.05, 0) is 42.0 Å². The standard InChI is InChI=1S/C22H27N3O3S/c1-25(2)17-10-8-16(9-11-17)23-22(29)24-18-13-27-21-19(14-28-20(18)21)26-12-15-6-4-3-5-7-15/h3-11,18-21H,12-14H2,1-2H3,(H2,23,24,29)/t18-,19+,20+,21+/m0/s1. The fourth-order valence-electron chi connectivity index (χ4n) is 3.69. The van der Waals surface area contributed by atoms with Crippen LogP contribution in [0.1, 0.15) is 5.56 Å². The Hall–Kier alpha value is -2.19. The second-order valence-corrected chi connectivity index (χ2v) is 7.99. The SMILES string of the molecule is CN(C)c1ccc(NC(=S)N[C@H]2CO[C@H]3[C@@H]2OC[C@H]3OCc2ccccc2)cc1. The molecule has 0 unspecified atom stereocenters. The molecule has 2 fully saturated rings. The van der Waals surface area contributed by atoms with Crippen molar-refractivity contribution >= 4 is 28.7 Å². The zero-order chi connectivity index (χ0) is 20.2. The van der Waals surface area contributed by atoms with Crippen LogP contribution in [-0.2, 0) is 20.8 Å². The van der Waals surface area contributed by atoms with Gasteiger partial charge in [0.25, 0.3) is 0 Å². The van der Waals surface area contributed by atoms with E-state index < -0.39 is 0 Å². The first-order valence-electron chi connectivity index (χ1n) is 9.84. The van der Waals surface area contributed by atoms with Crippen LogP contribution in [-0.4, -0.2) is 56.8 Å². The summed E-state index contributed by atoms with van der Waals surface area (Å²) in [5.41, 5.74) is 3.23. The minimum atomic E-state index is -0.0709. The molecule has 0 bridgehead atoms. The third-order valence-corrected chi connectivity index (χ3v) is 5.49. The number of thiocarbonyl (C=S) groups is 1. The highest BCUT2D eigenvalue weighted by molar-refractivity contribution is 7.80. The number of anilines is 2. The van der Waals surface area contributed by atoms with E-state index in [0.29, 0.717) is 24.9 Å². The quantitative estimate of drug-likeness (QED) is 0.707. The molecule has 0 radical (unpaired) electrons. The molecule has 7 heteroatoms. The maximum absolute atomic E-state index is 6.05. The Morgan fingerprint density at radius 3 is 2.48 bits per heavy atom. The summed E-state index contributed by atoms with van der Waals surface area (Å²) in [7, 11) is 4.03. The number of rotatable bonds is 6. The van der Waals surface area contributed by atoms with Crippen LogP contribution < -0.4 is 15.5 Å². The van der Waals surface area contributed by atoms with Gasteiger partial charge in [0, 0.05) is 25.5 Å². The fourth-order valence-corrected chi connectivity index (χ4v) is 3.96. The second kappa shape index (κ2) is 9.09. The van der Waals surface area contributed by atoms with Crippen molar-refractivity contribution < 1.29 is 14.2 Å². The lowest BCUT2D eigenvalue weighted by Gasteiger charge is -2.20. The van der Waals surface area contributed by atoms with Gasteiger partial charge in [0.05, 0.1) is 25.9 Å². The van der Waals surface area contributed by atoms with Crippen molar-refractivity contribution in [2.45, 2.75) is 31.0 Å². The molecule has 0 saturated carbocycles. The molecule has 2 aromatic carbocycles. The van der Waals surface area contributed by atoms with Crippen LogP contribution in [0.15, 0.2) is 54.6 Å². The van der Waals surface area contributed by atoms with Crippen molar-refractivity contribution in [1.29, 1.82) is 0 Å². The van der Waals surface area contributed by atoms with Crippen molar-refractivity contribution in [2.75, 3.05) is 37.5 Å². The number of hydrogen-bond donors (Lipinski definition) is 2. The highest BCUT2D eigenvalue weighted by Gasteiger charge is 2.48. The summed E-state index contributed by atoms with van der Waals surface area (Å²) in [5.74, 6) is 0. The van der Waals surface area contributed by atoms with Crippen LogP contribution >= 0.6 is 12.2 Å². The molecule has 4 rings (SSSR count). The summed E-state index contributed by atoms with van der Waals surface area (Å²) in [5, 5.41) is 7.13. The van der Waals surface area contributed by atoms with E-state index in [4.69, 9.17) is 26.4 Å². The van der Waals surface area contributed by atoms with Gasteiger partial charge in [-0.1, -0.05) is 30.3 Å². The van der Waals surface area contributed by atoms with Crippen LogP contribution in [0.5, 0.6) is 0 Å². The van der Waals surface area contributed by atoms with Crippen LogP contribution in [0.4, 0.5) is 11.4 Å². The number of nitrogens with zero attached hydrogens (tertiary/aromatic N) is 1. The predicted molar refractivity (Wildman–Crippen MR) is 118 cm³/mol. The third-order valence-electron chi connectivity index (χ3n) is 5.27. The molecule has 2 aliphatic rings. The van der Waals surface area contributed by atoms with Crippen molar-refractivity contribution in [3.8, 4) is 0 Å². The smallest absolute Gasteiger partial charge is 0.171 e. The average Bonchev–Trinajstić information content (AvgIpc) is 3.30. The normalized spacial score (nSPS) is 25.4. The summed E-state index contributed by atoms with van der Waals surface area (Å²) in [4.78, 5) is 2.06. The van der Waals surface area contributed by atoms with Crippen molar-refractivity contribution in [2.24, 2.45) is 0 Å². The minimum absolute atomic E-state index is 0.00590. The molecular weight excluding hydrogens is 386 g/mol. The van der Waals surface area contributed by atoms with E-state index in [9.17, 15) is 0 Å². The number of fused-ring (bicyclic) bond motifs is 1. The number of nitrogens with one attached hydrogen (secondary N) is 2. The van der Waals surface area contributed by atoms with E-state index >= 15 is 0 Å². The van der Waals surface area contributed by atoms with Gasteiger partial charge in [0.2, 0.25) is 0 Å². The van der Waals surface area contributed by atoms with Crippen molar-refractivity contribution in [1.82, 2.24) is 5.32 Å². The molecule has 0 amide bonds. The van der Waals surface area contributed by atoms with E-state index in [1.165, 1.54) is 0 Å². The lowest BCUT2D eigenvalue weighted by molar-refractivity contribution is -0.0391. The van der Waals surface area contributed by atoms with Crippen molar-refractivity contribution in [3.05, 3.63) is 60.2 Å². The first-order valence-corrected chi connectivity index (χ1v) is 10.2. The van der Waals surface area contributed by atoms with Gasteiger partial charge in [-0.25, -0.2) is 0 Å². The maximum atomic E-state index is 6.05. The summed E-state index contributed by atoms with van der Waals surface area (Å²) >= 11 is 5.49. The lowest BCUT2D eigenvalue weighted by atomic mass is 10.1. The zero-order valence-electron chi connectivity index (χ0n) is 16.7. The van der Waals surface area contributed by atoms with Gasteiger partial charge in [-0.15, -0.1) is 0 Å². The zero-order valence-corrected chi connectivity index (χ0v) is 17.5. The van der Waals surface area contributed by atoms with Crippen molar-refractivity contribution in [3.63, 3.8) is 0 Å². The molecule has 0 aromatic heterocycles. The molecule has 2 N–H and O–H groups in total. The largest absolute Gasteiger partial charge is 0.378 e. The summed E-state index contributed by atoms with van der Waals surface area (Å²) in [6, 6.07) is 18.3. The van der Waals surface area contributed by atoms with Gasteiger partial charge in [0.15, 0.2) is 5.11 Å². The number of benzene rings is 2. The van der Waals surface area contributed by atoms with E-state index in [1.807, 2.05) is 44.4 Å². The van der Waals surface area contributed by atoms with Gasteiger partial charge in [-0.3, -0.25) is 0 Å². The van der Waals surface area contributed by atoms with Crippen LogP contribution in [0.2, 0.25) is 0 Å². The Balaban J connectivity index is 1.27. The summed E-state index contributed by atoms with van der Waals surface area (Å²) in [6.07, 6.45) is -0.197. The van der Waals surface area contributed by atoms with Gasteiger partial charge < -0.3 is 29.7 Å². The first-order chi connectivity index (χ1) is 14.1. The fraction of sp³-hybridized carbons (Fsp3) is 0.409. The second-order valence-electron chi connectivity index (χ2n) is 7.58. The minimum Gasteiger partial charge on any atom is -0.378 e. The molecule has 2 aromatic rings. The third kappa shape index (κ3) is 4.87. The average molecular weight is 414 g/mol. The summed E-state index contributed by atoms with van der Waals surface area (Å²) in [6.45, 7) is 1.64. The summed E-state index contributed by atoms with van der Waals surface area (Å²) < 4.78 is 18.0. The molecule has 4 atom stereocenters. The molecule has 29 heavy (non-hydrogen) atoms. The molecule has 154 valence electrons. The number of hydrogen-bond acceptors (Lipinski definition) is 5.